The first kappa shape index (κ1) is 120. The Hall–Kier alpha value is -10.3. The predicted molar refractivity (Wildman–Crippen MR) is 609 cm³/mol. The van der Waals surface area contributed by atoms with Gasteiger partial charge in [0.05, 0.1) is 52.7 Å². The topological polar surface area (TPSA) is 285 Å². The summed E-state index contributed by atoms with van der Waals surface area (Å²) in [4.78, 5) is 80.0. The van der Waals surface area contributed by atoms with Crippen LogP contribution in [0.15, 0.2) is 389 Å². The van der Waals surface area contributed by atoms with Crippen molar-refractivity contribution in [2.24, 2.45) is 4.99 Å². The molecule has 738 valence electrons. The van der Waals surface area contributed by atoms with E-state index in [1.54, 1.807) is 47.7 Å². The van der Waals surface area contributed by atoms with E-state index in [0.717, 1.165) is 125 Å². The summed E-state index contributed by atoms with van der Waals surface area (Å²) in [7, 11) is 27.4. The van der Waals surface area contributed by atoms with E-state index >= 15 is 0 Å². The molecular weight excluding hydrogens is 2400 g/mol. The van der Waals surface area contributed by atoms with E-state index in [2.05, 4.69) is 134 Å². The first-order chi connectivity index (χ1) is 67.9. The summed E-state index contributed by atoms with van der Waals surface area (Å²) in [5.41, 5.74) is 29.5. The van der Waals surface area contributed by atoms with Gasteiger partial charge in [-0.3, -0.25) is 28.3 Å². The minimum absolute atomic E-state index is 0. The van der Waals surface area contributed by atoms with Crippen LogP contribution in [0.25, 0.3) is 73.3 Å². The number of aromatic nitrogens is 10. The first-order valence-corrected chi connectivity index (χ1v) is 59.3. The summed E-state index contributed by atoms with van der Waals surface area (Å²) in [5.74, 6) is 2.91. The van der Waals surface area contributed by atoms with E-state index in [9.17, 15) is 19.2 Å². The Morgan fingerprint density at radius 2 is 0.713 bits per heavy atom. The summed E-state index contributed by atoms with van der Waals surface area (Å²) >= 11 is 35.3. The number of carbonyl (C=O) groups excluding carboxylic acids is 4. The molecule has 21 nitrogen and oxygen atoms in total. The average Bonchev–Trinajstić information content (AvgIpc) is 1.74. The molecule has 0 bridgehead atoms. The number of nitrogens with two attached hydrogens (primary N) is 2. The van der Waals surface area contributed by atoms with Gasteiger partial charge in [0.15, 0.2) is 11.3 Å². The van der Waals surface area contributed by atoms with Gasteiger partial charge in [-0.25, -0.2) is 33.2 Å². The van der Waals surface area contributed by atoms with E-state index in [-0.39, 0.29) is 30.6 Å². The second-order valence-electron chi connectivity index (χ2n) is 29.6. The number of halogens is 15. The molecule has 0 spiro atoms. The zero-order valence-corrected chi connectivity index (χ0v) is 94.0. The number of aryl methyl sites for hydroxylation is 6. The van der Waals surface area contributed by atoms with Crippen LogP contribution in [0.3, 0.4) is 0 Å². The molecule has 13 aromatic carbocycles. The number of anilines is 3. The fourth-order valence-corrected chi connectivity index (χ4v) is 14.0. The molecule has 143 heavy (non-hydrogen) atoms. The number of amides is 1. The molecule has 0 radical (unpaired) electrons. The number of rotatable bonds is 14. The van der Waals surface area contributed by atoms with E-state index in [0.29, 0.717) is 61.8 Å². The van der Waals surface area contributed by atoms with Crippen molar-refractivity contribution in [2.45, 2.75) is 55.4 Å². The zero-order valence-electron chi connectivity index (χ0n) is 76.1. The van der Waals surface area contributed by atoms with Crippen molar-refractivity contribution in [3.63, 3.8) is 0 Å². The van der Waals surface area contributed by atoms with Crippen LogP contribution >= 0.6 is 185 Å². The quantitative estimate of drug-likeness (QED) is 0.0300. The van der Waals surface area contributed by atoms with Crippen molar-refractivity contribution >= 4 is 261 Å². The van der Waals surface area contributed by atoms with Crippen LogP contribution in [0.1, 0.15) is 74.0 Å². The number of nitrogen functional groups attached to an aromatic ring is 2. The Balaban J connectivity index is 0.000000228. The van der Waals surface area contributed by atoms with Gasteiger partial charge in [0, 0.05) is 100 Å². The molecule has 0 fully saturated rings. The molecule has 5 N–H and O–H groups in total. The Morgan fingerprint density at radius 1 is 0.420 bits per heavy atom. The molecule has 18 rings (SSSR count). The number of alkyl halides is 2. The van der Waals surface area contributed by atoms with Crippen molar-refractivity contribution in [2.75, 3.05) is 28.5 Å². The Morgan fingerprint density at radius 3 is 1.03 bits per heavy atom. The number of benzene rings is 13. The number of carbonyl (C=O) groups is 2. The maximum absolute atomic E-state index is 13.6. The summed E-state index contributed by atoms with van der Waals surface area (Å²) in [6.07, 6.45) is 6.17. The number of para-hydroxylation sites is 3. The number of nitrogens with zero attached hydrogens (tertiary/aromatic N) is 11. The van der Waals surface area contributed by atoms with Crippen LogP contribution in [0.4, 0.5) is 22.9 Å². The monoisotopic (exact) mass is 2480 g/mol. The van der Waals surface area contributed by atoms with E-state index in [1.807, 2.05) is 362 Å². The van der Waals surface area contributed by atoms with E-state index < -0.39 is 26.8 Å². The van der Waals surface area contributed by atoms with Crippen molar-refractivity contribution in [3.8, 4) is 51.2 Å². The van der Waals surface area contributed by atoms with Crippen LogP contribution in [0, 0.1) is 34.6 Å². The van der Waals surface area contributed by atoms with Gasteiger partial charge in [0.2, 0.25) is 9.23 Å². The molecule has 0 unspecified atom stereocenters. The standard InChI is InChI=1S/2C24H17BrN4O.C14H11BrClN.C14H12BrNO.C11H13N3.C8H7ClO.C6H6BrN.C2H4Cl2.CO2.CH4.Cl2OS.4ClH.Ti/c2*1-16-7-9-17(10-8-16)22-27-23-21(15-26-29(23)20-5-3-2-4-6-20)24(30)28(22)19-13-11-18(25)12-14-19;1-10-2-4-11(5-3-10)14(16)17-13-8-6-12(15)7-9-13;1-10-2-4-11(5-3-10)14(17)16-13-8-6-12(15)7-9-13;1-2-9-8-13-14(11(9)12)10-6-4-3-5-7-10;1-6-2-4-7(5-3-6)8(9)10;7-5-1-3-6(8)4-2-5;3-1-2-4;2-1-3;;1-4(2)3;;;;;/h2*2-15H,1H3;2-9H,1H3;2-9H,1H3,(H,16,17);3-8H,2,12H2,1H3;2-5H,1H3;1-4H,8H2;1-2H2;;1H4;;4*1H;/q;;;;;;;;;;;;;;;+4/p-4. The second kappa shape index (κ2) is 61.9. The van der Waals surface area contributed by atoms with Crippen LogP contribution in [0.5, 0.6) is 0 Å². The number of hydrogen-bond acceptors (Lipinski definition) is 15. The Bertz CT molecular complexity index is 7030. The Labute approximate surface area is 920 Å². The van der Waals surface area contributed by atoms with Gasteiger partial charge in [0.1, 0.15) is 33.4 Å². The molecular formula is C105H91Br5Cl10N14O7STi. The van der Waals surface area contributed by atoms with Crippen LogP contribution < -0.4 is 27.9 Å². The molecule has 18 aromatic rings. The van der Waals surface area contributed by atoms with Gasteiger partial charge in [0.25, 0.3) is 22.3 Å². The summed E-state index contributed by atoms with van der Waals surface area (Å²) < 4.78 is 22.5. The molecule has 1 amide bonds. The average molecular weight is 2490 g/mol. The van der Waals surface area contributed by atoms with Crippen molar-refractivity contribution in [3.05, 3.63) is 445 Å². The van der Waals surface area contributed by atoms with Gasteiger partial charge in [-0.05, 0) is 235 Å². The van der Waals surface area contributed by atoms with Crippen molar-refractivity contribution in [1.29, 1.82) is 0 Å². The fourth-order valence-electron chi connectivity index (χ4n) is 12.3. The third kappa shape index (κ3) is 39.9. The van der Waals surface area contributed by atoms with E-state index in [1.165, 1.54) is 5.56 Å². The maximum atomic E-state index is 13.6. The van der Waals surface area contributed by atoms with Gasteiger partial charge < -0.3 is 16.8 Å². The SMILES string of the molecule is C.CCc1cnn(-c2ccccc2)c1N.Cc1ccc(-c2nc3c(cnn3-c3ccccc3)c(=O)n2-c2ccc(Br)cc2)cc1.Cc1ccc(-c2nc3c(cnn3-c3ccccc3)c(=O)n2-c2ccc(Br)cc2)cc1.Cc1ccc(C(=O)Cl)cc1.Cc1ccc(C(=O)Nc2ccc(Br)cc2)cc1.Cc1ccc(C(Cl)=Nc2ccc(Br)cc2)cc1.ClCCCl.Nc1ccc(Br)cc1.O=C=O.O=S(Cl)Cl.[Cl][Ti]([Cl])([Cl])[Cl]. The predicted octanol–water partition coefficient (Wildman–Crippen LogP) is 31.4. The summed E-state index contributed by atoms with van der Waals surface area (Å²) in [6, 6.07) is 106. The minimum atomic E-state index is -3.11. The number of nitrogens with one attached hydrogen (secondary N) is 1. The van der Waals surface area contributed by atoms with Crippen LogP contribution in [-0.4, -0.2) is 86.9 Å². The zero-order chi connectivity index (χ0) is 104. The molecule has 0 aliphatic carbocycles. The summed E-state index contributed by atoms with van der Waals surface area (Å²) in [5, 5.41) is 17.1. The van der Waals surface area contributed by atoms with Crippen LogP contribution in [-0.2, 0) is 37.6 Å². The van der Waals surface area contributed by atoms with Crippen LogP contribution in [0.2, 0.25) is 0 Å². The van der Waals surface area contributed by atoms with Crippen molar-refractivity contribution < 1.29 is 35.7 Å². The van der Waals surface area contributed by atoms with Gasteiger partial charge in [-0.2, -0.15) is 24.9 Å². The third-order valence-corrected chi connectivity index (χ3v) is 23.0. The fraction of sp³-hybridized carbons (Fsp3) is 0.0952. The first-order valence-electron chi connectivity index (χ1n) is 42.2. The van der Waals surface area contributed by atoms with Gasteiger partial charge >= 0.3 is 55.7 Å². The second-order valence-corrected chi connectivity index (χ2v) is 53.6. The van der Waals surface area contributed by atoms with E-state index in [4.69, 9.17) is 119 Å². The molecule has 0 aliphatic heterocycles. The normalized spacial score (nSPS) is 10.3. The molecule has 0 aliphatic rings. The van der Waals surface area contributed by atoms with Gasteiger partial charge in [-0.1, -0.05) is 285 Å². The number of fused-ring (bicyclic) bond motifs is 2. The molecule has 38 heteroatoms. The summed E-state index contributed by atoms with van der Waals surface area (Å²) in [6.45, 7) is 12.1. The molecule has 5 heterocycles. The number of aliphatic imine (C=N–C) groups is 1. The third-order valence-electron chi connectivity index (χ3n) is 19.2. The molecule has 5 aromatic heterocycles. The molecule has 0 atom stereocenters. The number of hydrogen-bond donors (Lipinski definition) is 3. The Kier molecular flexibility index (Phi) is 51.8. The van der Waals surface area contributed by atoms with Crippen molar-refractivity contribution in [1.82, 2.24) is 48.4 Å². The van der Waals surface area contributed by atoms with Gasteiger partial charge in [-0.15, -0.1) is 23.2 Å². The molecule has 0 saturated heterocycles. The molecule has 0 saturated carbocycles.